The number of allylic oxidation sites excluding steroid dienone is 10. The van der Waals surface area contributed by atoms with Crippen molar-refractivity contribution in [3.05, 3.63) is 60.8 Å². The lowest BCUT2D eigenvalue weighted by Gasteiger charge is -2.31. The van der Waals surface area contributed by atoms with Crippen molar-refractivity contribution < 1.29 is 38.2 Å². The van der Waals surface area contributed by atoms with Gasteiger partial charge in [-0.15, -0.1) is 0 Å². The highest BCUT2D eigenvalue weighted by molar-refractivity contribution is 5.72. The Kier molecular flexibility index (Phi) is 50.1. The molecule has 8 nitrogen and oxygen atoms in total. The average Bonchev–Trinajstić information content (AvgIpc) is 3.33. The van der Waals surface area contributed by atoms with E-state index in [2.05, 4.69) is 74.6 Å². The minimum Gasteiger partial charge on any atom is -0.477 e. The summed E-state index contributed by atoms with van der Waals surface area (Å²) in [5.41, 5.74) is 0. The van der Waals surface area contributed by atoms with E-state index in [0.29, 0.717) is 19.3 Å². The van der Waals surface area contributed by atoms with Crippen LogP contribution in [0.2, 0.25) is 0 Å². The molecule has 0 heterocycles. The van der Waals surface area contributed by atoms with E-state index >= 15 is 0 Å². The number of carbonyl (C=O) groups is 3. The molecule has 0 aromatic heterocycles. The lowest BCUT2D eigenvalue weighted by Crippen LogP contribution is -2.50. The van der Waals surface area contributed by atoms with Gasteiger partial charge in [-0.3, -0.25) is 9.59 Å². The third-order valence-electron chi connectivity index (χ3n) is 13.2. The van der Waals surface area contributed by atoms with Crippen LogP contribution in [0.5, 0.6) is 0 Å². The van der Waals surface area contributed by atoms with Crippen molar-refractivity contribution in [3.8, 4) is 0 Å². The summed E-state index contributed by atoms with van der Waals surface area (Å²) in [7, 11) is 5.54. The van der Waals surface area contributed by atoms with Crippen LogP contribution in [-0.4, -0.2) is 80.6 Å². The van der Waals surface area contributed by atoms with Gasteiger partial charge in [0.05, 0.1) is 34.4 Å². The smallest absolute Gasteiger partial charge is 0.362 e. The van der Waals surface area contributed by atoms with Crippen LogP contribution < -0.4 is 0 Å². The minimum atomic E-state index is -0.875. The van der Waals surface area contributed by atoms with Crippen LogP contribution >= 0.6 is 0 Å². The Morgan fingerprint density at radius 2 is 0.800 bits per heavy atom. The number of carbonyl (C=O) groups excluding carboxylic acids is 2. The number of unbranched alkanes of at least 4 members (excludes halogenated alkanes) is 29. The number of hydrogen-bond acceptors (Lipinski definition) is 6. The number of quaternary nitrogens is 1. The lowest BCUT2D eigenvalue weighted by molar-refractivity contribution is -0.887. The van der Waals surface area contributed by atoms with E-state index in [9.17, 15) is 19.5 Å². The molecule has 2 unspecified atom stereocenters. The maximum Gasteiger partial charge on any atom is 0.362 e. The van der Waals surface area contributed by atoms with Crippen molar-refractivity contribution >= 4 is 17.9 Å². The molecule has 0 aromatic rings. The Morgan fingerprint density at radius 1 is 0.443 bits per heavy atom. The van der Waals surface area contributed by atoms with Crippen LogP contribution in [0.15, 0.2) is 60.8 Å². The number of likely N-dealkylation sites (N-methyl/N-ethyl adjacent to an activating group) is 1. The molecule has 70 heavy (non-hydrogen) atoms. The van der Waals surface area contributed by atoms with Crippen molar-refractivity contribution in [2.45, 2.75) is 276 Å². The highest BCUT2D eigenvalue weighted by Gasteiger charge is 2.31. The monoisotopic (exact) mass is 983 g/mol. The molecule has 406 valence electrons. The Morgan fingerprint density at radius 3 is 1.20 bits per heavy atom. The van der Waals surface area contributed by atoms with Gasteiger partial charge in [0.25, 0.3) is 0 Å². The quantitative estimate of drug-likeness (QED) is 0.0280. The normalized spacial score (nSPS) is 13.2. The second-order valence-corrected chi connectivity index (χ2v) is 20.9. The second kappa shape index (κ2) is 52.4. The van der Waals surface area contributed by atoms with E-state index in [1.807, 2.05) is 21.1 Å². The molecule has 0 aliphatic heterocycles. The summed E-state index contributed by atoms with van der Waals surface area (Å²) in [6, 6.07) is -0.619. The maximum atomic E-state index is 12.8. The minimum absolute atomic E-state index is 0.0551. The molecule has 0 aromatic carbocycles. The Bertz CT molecular complexity index is 1330. The molecule has 0 saturated carbocycles. The summed E-state index contributed by atoms with van der Waals surface area (Å²) in [5.74, 6) is -1.47. The number of carboxylic acids is 1. The molecule has 0 aliphatic carbocycles. The summed E-state index contributed by atoms with van der Waals surface area (Å²) < 4.78 is 17.4. The van der Waals surface area contributed by atoms with Crippen LogP contribution in [0.1, 0.15) is 264 Å². The van der Waals surface area contributed by atoms with E-state index in [1.165, 1.54) is 167 Å². The van der Waals surface area contributed by atoms with E-state index in [4.69, 9.17) is 14.2 Å². The zero-order valence-electron chi connectivity index (χ0n) is 46.5. The van der Waals surface area contributed by atoms with Gasteiger partial charge in [0.2, 0.25) is 0 Å². The molecule has 0 fully saturated rings. The van der Waals surface area contributed by atoms with E-state index in [0.717, 1.165) is 64.2 Å². The average molecular weight is 984 g/mol. The van der Waals surface area contributed by atoms with Gasteiger partial charge < -0.3 is 23.8 Å². The Hall–Kier alpha value is -2.97. The van der Waals surface area contributed by atoms with Gasteiger partial charge in [0, 0.05) is 19.3 Å². The Balaban J connectivity index is 4.17. The number of nitrogens with zero attached hydrogens (tertiary/aromatic N) is 1. The van der Waals surface area contributed by atoms with Crippen LogP contribution in [0.3, 0.4) is 0 Å². The van der Waals surface area contributed by atoms with Gasteiger partial charge >= 0.3 is 17.9 Å². The molecule has 0 bridgehead atoms. The first-order valence-corrected chi connectivity index (χ1v) is 29.3. The summed E-state index contributed by atoms with van der Waals surface area (Å²) in [6.07, 6.45) is 67.1. The fraction of sp³-hybridized carbons (Fsp3) is 0.790. The molecule has 1 N–H and O–H groups in total. The SMILES string of the molecule is CC/C=C/C/C=C/C/C=C/C/C=C/CCCCCCCCCCCCC(=O)OC(COCCC(C(=O)O)[N+](C)(C)C)COC(=O)CCCCCCCCC/C=C/CCCCCCCCCCCCCC. The maximum absolute atomic E-state index is 12.8. The van der Waals surface area contributed by atoms with E-state index in [1.54, 1.807) is 0 Å². The first kappa shape index (κ1) is 67.0. The molecule has 2 atom stereocenters. The fourth-order valence-electron chi connectivity index (χ4n) is 8.67. The number of esters is 2. The highest BCUT2D eigenvalue weighted by Crippen LogP contribution is 2.16. The van der Waals surface area contributed by atoms with Crippen molar-refractivity contribution in [2.24, 2.45) is 0 Å². The van der Waals surface area contributed by atoms with Crippen LogP contribution in [-0.2, 0) is 28.6 Å². The molecule has 0 spiro atoms. The highest BCUT2D eigenvalue weighted by atomic mass is 16.6. The van der Waals surface area contributed by atoms with Crippen molar-refractivity contribution in [2.75, 3.05) is 41.0 Å². The van der Waals surface area contributed by atoms with Gasteiger partial charge in [-0.25, -0.2) is 4.79 Å². The van der Waals surface area contributed by atoms with Gasteiger partial charge in [0.15, 0.2) is 12.1 Å². The van der Waals surface area contributed by atoms with Crippen molar-refractivity contribution in [1.29, 1.82) is 0 Å². The van der Waals surface area contributed by atoms with Crippen molar-refractivity contribution in [1.82, 2.24) is 0 Å². The fourth-order valence-corrected chi connectivity index (χ4v) is 8.67. The topological polar surface area (TPSA) is 99.1 Å². The number of rotatable bonds is 53. The van der Waals surface area contributed by atoms with Crippen molar-refractivity contribution in [3.63, 3.8) is 0 Å². The largest absolute Gasteiger partial charge is 0.477 e. The summed E-state index contributed by atoms with van der Waals surface area (Å²) in [6.45, 7) is 4.65. The van der Waals surface area contributed by atoms with Gasteiger partial charge in [-0.1, -0.05) is 229 Å². The second-order valence-electron chi connectivity index (χ2n) is 20.9. The summed E-state index contributed by atoms with van der Waals surface area (Å²) in [4.78, 5) is 37.3. The lowest BCUT2D eigenvalue weighted by atomic mass is 10.0. The zero-order valence-corrected chi connectivity index (χ0v) is 46.5. The third-order valence-corrected chi connectivity index (χ3v) is 13.2. The number of carboxylic acid groups (broad SMARTS) is 1. The first-order chi connectivity index (χ1) is 34.1. The molecular weight excluding hydrogens is 871 g/mol. The summed E-state index contributed by atoms with van der Waals surface area (Å²) >= 11 is 0. The Labute approximate surface area is 432 Å². The van der Waals surface area contributed by atoms with Crippen LogP contribution in [0, 0.1) is 0 Å². The third kappa shape index (κ3) is 50.0. The summed E-state index contributed by atoms with van der Waals surface area (Å²) in [5, 5.41) is 9.68. The zero-order chi connectivity index (χ0) is 51.3. The molecule has 0 saturated heterocycles. The number of aliphatic carboxylic acids is 1. The number of hydrogen-bond donors (Lipinski definition) is 1. The van der Waals surface area contributed by atoms with E-state index < -0.39 is 18.1 Å². The van der Waals surface area contributed by atoms with E-state index in [-0.39, 0.29) is 36.2 Å². The first-order valence-electron chi connectivity index (χ1n) is 29.3. The molecule has 0 aliphatic rings. The predicted octanol–water partition coefficient (Wildman–Crippen LogP) is 17.7. The molecule has 0 rings (SSSR count). The van der Waals surface area contributed by atoms with Gasteiger partial charge in [-0.05, 0) is 77.0 Å². The molecule has 0 radical (unpaired) electrons. The molecular formula is C62H112NO7+. The standard InChI is InChI=1S/C62H111NO7/c1-6-8-10-12-14-16-18-20-22-24-26-28-30-32-34-36-38-40-42-44-46-48-50-52-60(64)69-57-58(56-68-55-54-59(62(66)67)63(3,4)5)70-61(65)53-51-49-47-45-43-41-39-37-35-33-31-29-27-25-23-21-19-17-15-13-11-9-7-2/h9,11,15,17,21,23,27,29,32,34,58-59H,6-8,10,12-14,16,18-20,22,24-26,28,30-31,33,35-57H2,1-5H3/p+1/b11-9+,17-15+,23-21+,29-27+,34-32+. The van der Waals surface area contributed by atoms with Crippen LogP contribution in [0.25, 0.3) is 0 Å². The van der Waals surface area contributed by atoms with Crippen LogP contribution in [0.4, 0.5) is 0 Å². The van der Waals surface area contributed by atoms with Gasteiger partial charge in [0.1, 0.15) is 6.61 Å². The molecule has 8 heteroatoms. The van der Waals surface area contributed by atoms with Gasteiger partial charge in [-0.2, -0.15) is 0 Å². The number of ether oxygens (including phenoxy) is 3. The predicted molar refractivity (Wildman–Crippen MR) is 298 cm³/mol. The molecule has 0 amide bonds.